The topological polar surface area (TPSA) is 20.2 Å². The van der Waals surface area contributed by atoms with E-state index in [-0.39, 0.29) is 16.9 Å². The van der Waals surface area contributed by atoms with Crippen LogP contribution in [0.4, 0.5) is 4.39 Å². The van der Waals surface area contributed by atoms with Crippen molar-refractivity contribution in [2.45, 2.75) is 77.5 Å². The van der Waals surface area contributed by atoms with Crippen LogP contribution in [0, 0.1) is 28.6 Å². The van der Waals surface area contributed by atoms with Gasteiger partial charge in [0.25, 0.3) is 0 Å². The number of aliphatic hydroxyl groups is 1. The average Bonchev–Trinajstić information content (AvgIpc) is 2.74. The second kappa shape index (κ2) is 4.57. The third-order valence-corrected chi connectivity index (χ3v) is 7.79. The summed E-state index contributed by atoms with van der Waals surface area (Å²) in [5.74, 6) is 2.01. The van der Waals surface area contributed by atoms with Crippen molar-refractivity contribution < 1.29 is 9.50 Å². The zero-order chi connectivity index (χ0) is 14.8. The maximum Gasteiger partial charge on any atom is 0.101 e. The molecule has 0 aromatic rings. The van der Waals surface area contributed by atoms with Crippen LogP contribution in [-0.4, -0.2) is 17.4 Å². The summed E-state index contributed by atoms with van der Waals surface area (Å²) in [6.45, 7) is 4.78. The Morgan fingerprint density at radius 1 is 1.19 bits per heavy atom. The summed E-state index contributed by atoms with van der Waals surface area (Å²) in [5, 5.41) is 9.99. The van der Waals surface area contributed by atoms with Crippen LogP contribution in [0.1, 0.15) is 65.2 Å². The summed E-state index contributed by atoms with van der Waals surface area (Å²) in [4.78, 5) is 0. The van der Waals surface area contributed by atoms with E-state index in [0.29, 0.717) is 11.8 Å². The zero-order valence-corrected chi connectivity index (χ0v) is 13.4. The number of rotatable bonds is 0. The van der Waals surface area contributed by atoms with E-state index in [1.54, 1.807) is 0 Å². The Bertz CT molecular complexity index is 472. The lowest BCUT2D eigenvalue weighted by atomic mass is 9.48. The van der Waals surface area contributed by atoms with Gasteiger partial charge in [-0.05, 0) is 80.0 Å². The van der Waals surface area contributed by atoms with Gasteiger partial charge in [0, 0.05) is 0 Å². The first-order chi connectivity index (χ1) is 9.92. The highest BCUT2D eigenvalue weighted by Gasteiger charge is 2.57. The van der Waals surface area contributed by atoms with Gasteiger partial charge in [-0.1, -0.05) is 25.5 Å². The normalized spacial score (nSPS) is 56.2. The smallest absolute Gasteiger partial charge is 0.101 e. The standard InChI is InChI=1S/C19H29FO/c1-18-7-6-16-15(17(18)10-13(20)11-18)4-3-12-9-14(21)5-8-19(12,16)2/h3,13-17,21H,4-11H2,1-2H3/t13-,14?,15-,16+,17+,18-,19+/m1/s1. The van der Waals surface area contributed by atoms with Crippen LogP contribution >= 0.6 is 0 Å². The van der Waals surface area contributed by atoms with Gasteiger partial charge in [0.05, 0.1) is 6.10 Å². The van der Waals surface area contributed by atoms with E-state index in [9.17, 15) is 9.50 Å². The SMILES string of the molecule is C[C@]12CC[C@H]3[C@@H](CC=C4CC(O)CC[C@@]43C)[C@@H]1C[C@@H](F)C2. The largest absolute Gasteiger partial charge is 0.393 e. The molecule has 0 heterocycles. The molecule has 0 amide bonds. The first-order valence-corrected chi connectivity index (χ1v) is 8.94. The third kappa shape index (κ3) is 1.97. The van der Waals surface area contributed by atoms with Gasteiger partial charge >= 0.3 is 0 Å². The highest BCUT2D eigenvalue weighted by atomic mass is 19.1. The molecule has 4 aliphatic carbocycles. The lowest BCUT2D eigenvalue weighted by molar-refractivity contribution is -0.0360. The molecule has 0 spiro atoms. The molecule has 1 N–H and O–H groups in total. The molecule has 0 bridgehead atoms. The summed E-state index contributed by atoms with van der Waals surface area (Å²) < 4.78 is 14.1. The molecule has 0 aliphatic heterocycles. The van der Waals surface area contributed by atoms with E-state index in [1.165, 1.54) is 18.4 Å². The van der Waals surface area contributed by atoms with Gasteiger partial charge in [-0.2, -0.15) is 0 Å². The fourth-order valence-corrected chi connectivity index (χ4v) is 6.61. The molecule has 0 aromatic carbocycles. The molecule has 118 valence electrons. The van der Waals surface area contributed by atoms with E-state index in [0.717, 1.165) is 44.4 Å². The van der Waals surface area contributed by atoms with Crippen LogP contribution in [0.3, 0.4) is 0 Å². The van der Waals surface area contributed by atoms with Crippen molar-refractivity contribution in [1.82, 2.24) is 0 Å². The molecule has 1 unspecified atom stereocenters. The lowest BCUT2D eigenvalue weighted by Gasteiger charge is -2.57. The van der Waals surface area contributed by atoms with Gasteiger partial charge in [0.1, 0.15) is 6.17 Å². The average molecular weight is 292 g/mol. The van der Waals surface area contributed by atoms with E-state index >= 15 is 0 Å². The van der Waals surface area contributed by atoms with Gasteiger partial charge in [-0.15, -0.1) is 0 Å². The van der Waals surface area contributed by atoms with E-state index in [4.69, 9.17) is 0 Å². The second-order valence-electron chi connectivity index (χ2n) is 8.89. The predicted molar refractivity (Wildman–Crippen MR) is 82.6 cm³/mol. The Hall–Kier alpha value is -0.370. The lowest BCUT2D eigenvalue weighted by Crippen LogP contribution is -2.49. The summed E-state index contributed by atoms with van der Waals surface area (Å²) in [5.41, 5.74) is 2.06. The monoisotopic (exact) mass is 292 g/mol. The van der Waals surface area contributed by atoms with Crippen molar-refractivity contribution in [2.75, 3.05) is 0 Å². The molecule has 0 aromatic heterocycles. The maximum atomic E-state index is 14.1. The minimum Gasteiger partial charge on any atom is -0.393 e. The first kappa shape index (κ1) is 14.2. The third-order valence-electron chi connectivity index (χ3n) is 7.79. The molecule has 1 nitrogen and oxygen atoms in total. The van der Waals surface area contributed by atoms with Gasteiger partial charge < -0.3 is 5.11 Å². The van der Waals surface area contributed by atoms with Crippen LogP contribution in [-0.2, 0) is 0 Å². The highest BCUT2D eigenvalue weighted by molar-refractivity contribution is 5.25. The molecular weight excluding hydrogens is 263 g/mol. The number of allylic oxidation sites excluding steroid dienone is 1. The van der Waals surface area contributed by atoms with Crippen molar-refractivity contribution in [1.29, 1.82) is 0 Å². The molecule has 0 saturated heterocycles. The summed E-state index contributed by atoms with van der Waals surface area (Å²) in [6, 6.07) is 0. The van der Waals surface area contributed by atoms with Gasteiger partial charge in [0.2, 0.25) is 0 Å². The fraction of sp³-hybridized carbons (Fsp3) is 0.895. The van der Waals surface area contributed by atoms with E-state index in [2.05, 4.69) is 19.9 Å². The molecule has 3 saturated carbocycles. The summed E-state index contributed by atoms with van der Waals surface area (Å²) in [7, 11) is 0. The number of halogens is 1. The minimum absolute atomic E-state index is 0.128. The maximum absolute atomic E-state index is 14.1. The first-order valence-electron chi connectivity index (χ1n) is 8.94. The number of alkyl halides is 1. The molecule has 4 rings (SSSR count). The molecular formula is C19H29FO. The predicted octanol–water partition coefficient (Wildman–Crippen LogP) is 4.65. The Morgan fingerprint density at radius 3 is 2.81 bits per heavy atom. The number of fused-ring (bicyclic) bond motifs is 5. The van der Waals surface area contributed by atoms with Crippen LogP contribution < -0.4 is 0 Å². The number of aliphatic hydroxyl groups excluding tert-OH is 1. The fourth-order valence-electron chi connectivity index (χ4n) is 6.61. The molecule has 7 atom stereocenters. The molecule has 3 fully saturated rings. The van der Waals surface area contributed by atoms with Crippen LogP contribution in [0.15, 0.2) is 11.6 Å². The minimum atomic E-state index is -0.565. The molecule has 21 heavy (non-hydrogen) atoms. The Balaban J connectivity index is 1.67. The van der Waals surface area contributed by atoms with Crippen molar-refractivity contribution >= 4 is 0 Å². The second-order valence-corrected chi connectivity index (χ2v) is 8.89. The highest BCUT2D eigenvalue weighted by Crippen LogP contribution is 2.65. The van der Waals surface area contributed by atoms with Crippen LogP contribution in [0.2, 0.25) is 0 Å². The van der Waals surface area contributed by atoms with Crippen LogP contribution in [0.5, 0.6) is 0 Å². The van der Waals surface area contributed by atoms with Crippen molar-refractivity contribution in [3.8, 4) is 0 Å². The van der Waals surface area contributed by atoms with E-state index < -0.39 is 6.17 Å². The van der Waals surface area contributed by atoms with E-state index in [1.807, 2.05) is 0 Å². The van der Waals surface area contributed by atoms with Gasteiger partial charge in [-0.3, -0.25) is 0 Å². The van der Waals surface area contributed by atoms with Crippen molar-refractivity contribution in [3.05, 3.63) is 11.6 Å². The molecule has 2 heteroatoms. The Morgan fingerprint density at radius 2 is 2.00 bits per heavy atom. The summed E-state index contributed by atoms with van der Waals surface area (Å²) >= 11 is 0. The summed E-state index contributed by atoms with van der Waals surface area (Å²) in [6.07, 6.45) is 9.92. The Labute approximate surface area is 128 Å². The van der Waals surface area contributed by atoms with Gasteiger partial charge in [-0.25, -0.2) is 4.39 Å². The molecule has 4 aliphatic rings. The van der Waals surface area contributed by atoms with Crippen molar-refractivity contribution in [3.63, 3.8) is 0 Å². The number of hydrogen-bond acceptors (Lipinski definition) is 1. The van der Waals surface area contributed by atoms with Crippen LogP contribution in [0.25, 0.3) is 0 Å². The van der Waals surface area contributed by atoms with Gasteiger partial charge in [0.15, 0.2) is 0 Å². The zero-order valence-electron chi connectivity index (χ0n) is 13.4. The van der Waals surface area contributed by atoms with Crippen molar-refractivity contribution in [2.24, 2.45) is 28.6 Å². The Kier molecular flexibility index (Phi) is 3.10. The number of hydrogen-bond donors (Lipinski definition) is 1. The molecule has 0 radical (unpaired) electrons. The quantitative estimate of drug-likeness (QED) is 0.644.